The molecule has 4 heteroatoms. The van der Waals surface area contributed by atoms with E-state index in [2.05, 4.69) is 33.0 Å². The van der Waals surface area contributed by atoms with Crippen LogP contribution in [0.3, 0.4) is 0 Å². The number of nitrogens with zero attached hydrogens (tertiary/aromatic N) is 3. The zero-order valence-electron chi connectivity index (χ0n) is 9.18. The van der Waals surface area contributed by atoms with Crippen molar-refractivity contribution in [1.29, 1.82) is 0 Å². The molecule has 0 unspecified atom stereocenters. The van der Waals surface area contributed by atoms with Gasteiger partial charge in [0.2, 0.25) is 0 Å². The van der Waals surface area contributed by atoms with Gasteiger partial charge in [0.15, 0.2) is 6.33 Å². The summed E-state index contributed by atoms with van der Waals surface area (Å²) >= 11 is 6.11. The molecule has 0 atom stereocenters. The standard InChI is InChI=1S/C13H9ClN3/c1-17-7-10(9-4-2-3-5-12(9)17)13-11(14)6-15-8-16-13/h2-7H,1H3. The quantitative estimate of drug-likeness (QED) is 0.657. The van der Waals surface area contributed by atoms with Crippen molar-refractivity contribution in [3.05, 3.63) is 48.0 Å². The zero-order chi connectivity index (χ0) is 11.8. The maximum absolute atomic E-state index is 6.11. The van der Waals surface area contributed by atoms with Crippen LogP contribution < -0.4 is 0 Å². The number of hydrogen-bond donors (Lipinski definition) is 0. The molecule has 3 nitrogen and oxygen atoms in total. The van der Waals surface area contributed by atoms with Gasteiger partial charge in [-0.1, -0.05) is 29.8 Å². The molecule has 0 aliphatic heterocycles. The summed E-state index contributed by atoms with van der Waals surface area (Å²) in [6, 6.07) is 8.14. The van der Waals surface area contributed by atoms with Gasteiger partial charge in [-0.2, -0.15) is 0 Å². The van der Waals surface area contributed by atoms with Gasteiger partial charge in [-0.3, -0.25) is 0 Å². The van der Waals surface area contributed by atoms with Gasteiger partial charge in [0.1, 0.15) is 0 Å². The van der Waals surface area contributed by atoms with Crippen LogP contribution in [0.1, 0.15) is 0 Å². The Morgan fingerprint density at radius 3 is 2.94 bits per heavy atom. The molecule has 0 saturated carbocycles. The van der Waals surface area contributed by atoms with Crippen LogP contribution in [0.5, 0.6) is 0 Å². The number of aromatic nitrogens is 3. The summed E-state index contributed by atoms with van der Waals surface area (Å²) in [6.07, 6.45) is 6.16. The predicted octanol–water partition coefficient (Wildman–Crippen LogP) is 3.09. The monoisotopic (exact) mass is 242 g/mol. The average Bonchev–Trinajstić information content (AvgIpc) is 2.68. The number of para-hydroxylation sites is 1. The van der Waals surface area contributed by atoms with E-state index < -0.39 is 0 Å². The molecule has 0 fully saturated rings. The molecule has 3 rings (SSSR count). The molecule has 0 amide bonds. The fraction of sp³-hybridized carbons (Fsp3) is 0.0769. The first-order valence-electron chi connectivity index (χ1n) is 5.20. The first-order valence-corrected chi connectivity index (χ1v) is 5.58. The molecule has 2 heterocycles. The lowest BCUT2D eigenvalue weighted by Crippen LogP contribution is -1.86. The first-order chi connectivity index (χ1) is 8.27. The van der Waals surface area contributed by atoms with E-state index in [4.69, 9.17) is 11.6 Å². The Balaban J connectivity index is 2.35. The molecule has 2 aromatic heterocycles. The van der Waals surface area contributed by atoms with E-state index in [1.807, 2.05) is 25.4 Å². The highest BCUT2D eigenvalue weighted by atomic mass is 35.5. The van der Waals surface area contributed by atoms with Gasteiger partial charge in [-0.15, -0.1) is 0 Å². The molecule has 1 aromatic carbocycles. The molecule has 83 valence electrons. The second kappa shape index (κ2) is 3.86. The molecule has 0 spiro atoms. The number of hydrogen-bond acceptors (Lipinski definition) is 2. The van der Waals surface area contributed by atoms with E-state index in [0.29, 0.717) is 5.02 Å². The fourth-order valence-electron chi connectivity index (χ4n) is 2.00. The number of aryl methyl sites for hydroxylation is 1. The number of halogens is 1. The molecule has 17 heavy (non-hydrogen) atoms. The Kier molecular flexibility index (Phi) is 2.34. The largest absolute Gasteiger partial charge is 0.350 e. The molecule has 0 aliphatic rings. The van der Waals surface area contributed by atoms with Crippen molar-refractivity contribution < 1.29 is 0 Å². The van der Waals surface area contributed by atoms with Gasteiger partial charge in [-0.25, -0.2) is 9.97 Å². The first kappa shape index (κ1) is 10.3. The van der Waals surface area contributed by atoms with Crippen LogP contribution in [0.15, 0.2) is 36.7 Å². The topological polar surface area (TPSA) is 30.7 Å². The Morgan fingerprint density at radius 2 is 2.12 bits per heavy atom. The highest BCUT2D eigenvalue weighted by molar-refractivity contribution is 6.33. The lowest BCUT2D eigenvalue weighted by Gasteiger charge is -1.99. The number of fused-ring (bicyclic) bond motifs is 1. The van der Waals surface area contributed by atoms with Gasteiger partial charge < -0.3 is 4.57 Å². The maximum atomic E-state index is 6.11. The van der Waals surface area contributed by atoms with Crippen LogP contribution >= 0.6 is 11.6 Å². The van der Waals surface area contributed by atoms with E-state index in [1.165, 1.54) is 0 Å². The molecule has 0 saturated heterocycles. The Labute approximate surface area is 104 Å². The van der Waals surface area contributed by atoms with Crippen molar-refractivity contribution in [2.45, 2.75) is 0 Å². The van der Waals surface area contributed by atoms with Crippen LogP contribution in [0.4, 0.5) is 0 Å². The summed E-state index contributed by atoms with van der Waals surface area (Å²) in [5.74, 6) is 0. The second-order valence-electron chi connectivity index (χ2n) is 3.84. The molecule has 3 aromatic rings. The van der Waals surface area contributed by atoms with Crippen molar-refractivity contribution in [3.8, 4) is 11.3 Å². The predicted molar refractivity (Wildman–Crippen MR) is 67.8 cm³/mol. The van der Waals surface area contributed by atoms with E-state index in [-0.39, 0.29) is 0 Å². The van der Waals surface area contributed by atoms with Gasteiger partial charge in [0.05, 0.1) is 16.9 Å². The lowest BCUT2D eigenvalue weighted by molar-refractivity contribution is 0.969. The lowest BCUT2D eigenvalue weighted by atomic mass is 10.1. The van der Waals surface area contributed by atoms with Crippen molar-refractivity contribution in [3.63, 3.8) is 0 Å². The van der Waals surface area contributed by atoms with Gasteiger partial charge in [-0.05, 0) is 6.07 Å². The minimum atomic E-state index is 0.542. The highest BCUT2D eigenvalue weighted by Crippen LogP contribution is 2.32. The summed E-state index contributed by atoms with van der Waals surface area (Å²) < 4.78 is 2.06. The van der Waals surface area contributed by atoms with E-state index in [1.54, 1.807) is 6.20 Å². The van der Waals surface area contributed by atoms with Crippen molar-refractivity contribution in [2.75, 3.05) is 0 Å². The normalized spacial score (nSPS) is 10.9. The number of benzene rings is 1. The zero-order valence-corrected chi connectivity index (χ0v) is 9.94. The van der Waals surface area contributed by atoms with E-state index in [9.17, 15) is 0 Å². The Hall–Kier alpha value is -1.87. The second-order valence-corrected chi connectivity index (χ2v) is 4.24. The Morgan fingerprint density at radius 1 is 1.29 bits per heavy atom. The van der Waals surface area contributed by atoms with Crippen LogP contribution in [0, 0.1) is 6.33 Å². The highest BCUT2D eigenvalue weighted by Gasteiger charge is 2.12. The maximum Gasteiger partial charge on any atom is 0.198 e. The smallest absolute Gasteiger partial charge is 0.198 e. The SMILES string of the molecule is Cn1cc(-c2n[c]ncc2Cl)c2ccccc21. The minimum Gasteiger partial charge on any atom is -0.350 e. The molecule has 0 bridgehead atoms. The van der Waals surface area contributed by atoms with Gasteiger partial charge in [0.25, 0.3) is 0 Å². The fourth-order valence-corrected chi connectivity index (χ4v) is 2.19. The summed E-state index contributed by atoms with van der Waals surface area (Å²) in [5.41, 5.74) is 2.88. The minimum absolute atomic E-state index is 0.542. The van der Waals surface area contributed by atoms with Crippen LogP contribution in [-0.4, -0.2) is 14.5 Å². The van der Waals surface area contributed by atoms with E-state index >= 15 is 0 Å². The summed E-state index contributed by atoms with van der Waals surface area (Å²) in [6.45, 7) is 0. The van der Waals surface area contributed by atoms with E-state index in [0.717, 1.165) is 22.2 Å². The third kappa shape index (κ3) is 1.59. The molecule has 0 aliphatic carbocycles. The molecule has 0 N–H and O–H groups in total. The average molecular weight is 243 g/mol. The summed E-state index contributed by atoms with van der Waals surface area (Å²) in [7, 11) is 2.00. The van der Waals surface area contributed by atoms with Crippen LogP contribution in [0.2, 0.25) is 5.02 Å². The van der Waals surface area contributed by atoms with Gasteiger partial charge >= 0.3 is 0 Å². The third-order valence-electron chi connectivity index (χ3n) is 2.78. The van der Waals surface area contributed by atoms with Crippen LogP contribution in [-0.2, 0) is 7.05 Å². The number of rotatable bonds is 1. The van der Waals surface area contributed by atoms with Crippen molar-refractivity contribution >= 4 is 22.5 Å². The molecule has 1 radical (unpaired) electrons. The third-order valence-corrected chi connectivity index (χ3v) is 3.05. The van der Waals surface area contributed by atoms with Crippen molar-refractivity contribution in [1.82, 2.24) is 14.5 Å². The Bertz CT molecular complexity index is 688. The summed E-state index contributed by atoms with van der Waals surface area (Å²) in [4.78, 5) is 7.91. The van der Waals surface area contributed by atoms with Crippen LogP contribution in [0.25, 0.3) is 22.2 Å². The molecular weight excluding hydrogens is 234 g/mol. The molecular formula is C13H9ClN3. The van der Waals surface area contributed by atoms with Gasteiger partial charge in [0, 0.05) is 29.7 Å². The summed E-state index contributed by atoms with van der Waals surface area (Å²) in [5, 5.41) is 1.67. The van der Waals surface area contributed by atoms with Crippen molar-refractivity contribution in [2.24, 2.45) is 7.05 Å².